The van der Waals surface area contributed by atoms with Gasteiger partial charge in [0.05, 0.1) is 19.0 Å². The average molecular weight is 284 g/mol. The molecule has 0 aliphatic heterocycles. The van der Waals surface area contributed by atoms with E-state index in [0.717, 1.165) is 0 Å². The Kier molecular flexibility index (Phi) is 5.98. The van der Waals surface area contributed by atoms with Crippen LogP contribution < -0.4 is 5.32 Å². The summed E-state index contributed by atoms with van der Waals surface area (Å²) >= 11 is 0. The first kappa shape index (κ1) is 16.0. The van der Waals surface area contributed by atoms with Gasteiger partial charge in [0.1, 0.15) is 0 Å². The minimum absolute atomic E-state index is 0.0119. The average Bonchev–Trinajstić information content (AvgIpc) is 2.87. The van der Waals surface area contributed by atoms with Crippen molar-refractivity contribution in [2.24, 2.45) is 0 Å². The first-order valence-corrected chi connectivity index (χ1v) is 6.20. The molecule has 8 heteroatoms. The topological polar surface area (TPSA) is 96.7 Å². The Morgan fingerprint density at radius 2 is 2.30 bits per heavy atom. The molecule has 0 aliphatic rings. The van der Waals surface area contributed by atoms with Crippen molar-refractivity contribution in [1.29, 1.82) is 0 Å². The number of urea groups is 1. The Hall–Kier alpha value is -2.09. The summed E-state index contributed by atoms with van der Waals surface area (Å²) in [5, 5.41) is 11.5. The van der Waals surface area contributed by atoms with Gasteiger partial charge in [-0.3, -0.25) is 0 Å². The van der Waals surface area contributed by atoms with E-state index < -0.39 is 5.97 Å². The van der Waals surface area contributed by atoms with Crippen LogP contribution >= 0.6 is 0 Å². The number of rotatable bonds is 7. The number of carbonyl (C=O) groups excluding carboxylic acids is 1. The van der Waals surface area contributed by atoms with E-state index in [9.17, 15) is 9.59 Å². The molecule has 112 valence electrons. The number of nitrogens with one attached hydrogen (secondary N) is 1. The molecule has 0 saturated heterocycles. The summed E-state index contributed by atoms with van der Waals surface area (Å²) in [6.07, 6.45) is 2.85. The van der Waals surface area contributed by atoms with Crippen molar-refractivity contribution in [3.05, 3.63) is 18.2 Å². The van der Waals surface area contributed by atoms with Crippen LogP contribution in [0.3, 0.4) is 0 Å². The minimum atomic E-state index is -1.07. The van der Waals surface area contributed by atoms with Crippen LogP contribution in [0.4, 0.5) is 4.79 Å². The van der Waals surface area contributed by atoms with Gasteiger partial charge in [0, 0.05) is 33.4 Å². The maximum Gasteiger partial charge on any atom is 0.356 e. The summed E-state index contributed by atoms with van der Waals surface area (Å²) in [6, 6.07) is -0.222. The molecular weight excluding hydrogens is 264 g/mol. The fourth-order valence-corrected chi connectivity index (χ4v) is 1.56. The molecule has 0 saturated carbocycles. The number of amides is 2. The fourth-order valence-electron chi connectivity index (χ4n) is 1.56. The smallest absolute Gasteiger partial charge is 0.356 e. The van der Waals surface area contributed by atoms with E-state index in [2.05, 4.69) is 10.3 Å². The third kappa shape index (κ3) is 4.54. The predicted octanol–water partition coefficient (Wildman–Crippen LogP) is 0.258. The number of carboxylic acid groups (broad SMARTS) is 1. The highest BCUT2D eigenvalue weighted by Crippen LogP contribution is 1.97. The SMILES string of the molecule is COCC(C)N(C)C(=O)NCCn1cnc(C(=O)O)c1. The lowest BCUT2D eigenvalue weighted by Crippen LogP contribution is -2.44. The number of carboxylic acids is 1. The first-order chi connectivity index (χ1) is 9.45. The molecule has 8 nitrogen and oxygen atoms in total. The van der Waals surface area contributed by atoms with Crippen LogP contribution in [-0.2, 0) is 11.3 Å². The Balaban J connectivity index is 2.35. The first-order valence-electron chi connectivity index (χ1n) is 6.20. The lowest BCUT2D eigenvalue weighted by atomic mass is 10.3. The second-order valence-electron chi connectivity index (χ2n) is 4.45. The number of likely N-dealkylation sites (N-methyl/N-ethyl adjacent to an activating group) is 1. The molecule has 0 bridgehead atoms. The fraction of sp³-hybridized carbons (Fsp3) is 0.583. The van der Waals surface area contributed by atoms with Crippen molar-refractivity contribution in [2.45, 2.75) is 19.5 Å². The maximum absolute atomic E-state index is 11.8. The summed E-state index contributed by atoms with van der Waals surface area (Å²) in [5.41, 5.74) is -0.0119. The zero-order chi connectivity index (χ0) is 15.1. The van der Waals surface area contributed by atoms with Crippen molar-refractivity contribution in [1.82, 2.24) is 19.8 Å². The number of carbonyl (C=O) groups is 2. The second kappa shape index (κ2) is 7.49. The van der Waals surface area contributed by atoms with E-state index in [-0.39, 0.29) is 17.8 Å². The second-order valence-corrected chi connectivity index (χ2v) is 4.45. The highest BCUT2D eigenvalue weighted by Gasteiger charge is 2.14. The molecule has 0 aliphatic carbocycles. The lowest BCUT2D eigenvalue weighted by Gasteiger charge is -2.24. The van der Waals surface area contributed by atoms with Crippen molar-refractivity contribution < 1.29 is 19.4 Å². The van der Waals surface area contributed by atoms with Crippen LogP contribution in [0.15, 0.2) is 12.5 Å². The van der Waals surface area contributed by atoms with Crippen LogP contribution in [-0.4, -0.2) is 64.9 Å². The van der Waals surface area contributed by atoms with E-state index in [1.807, 2.05) is 6.92 Å². The molecule has 1 rings (SSSR count). The van der Waals surface area contributed by atoms with Crippen LogP contribution in [0.5, 0.6) is 0 Å². The Morgan fingerprint density at radius 3 is 2.85 bits per heavy atom. The Bertz CT molecular complexity index is 460. The molecule has 2 amide bonds. The molecule has 1 unspecified atom stereocenters. The molecule has 1 heterocycles. The van der Waals surface area contributed by atoms with Gasteiger partial charge in [-0.2, -0.15) is 0 Å². The van der Waals surface area contributed by atoms with Crippen LogP contribution in [0.2, 0.25) is 0 Å². The van der Waals surface area contributed by atoms with Crippen molar-refractivity contribution >= 4 is 12.0 Å². The van der Waals surface area contributed by atoms with Gasteiger partial charge >= 0.3 is 12.0 Å². The van der Waals surface area contributed by atoms with E-state index >= 15 is 0 Å². The largest absolute Gasteiger partial charge is 0.476 e. The third-order valence-corrected chi connectivity index (χ3v) is 2.89. The summed E-state index contributed by atoms with van der Waals surface area (Å²) < 4.78 is 6.60. The molecule has 0 radical (unpaired) electrons. The quantitative estimate of drug-likeness (QED) is 0.748. The number of methoxy groups -OCH3 is 1. The molecule has 2 N–H and O–H groups in total. The molecule has 0 aromatic carbocycles. The number of hydrogen-bond donors (Lipinski definition) is 2. The zero-order valence-corrected chi connectivity index (χ0v) is 11.9. The van der Waals surface area contributed by atoms with Gasteiger partial charge in [-0.1, -0.05) is 0 Å². The highest BCUT2D eigenvalue weighted by molar-refractivity contribution is 5.84. The summed E-state index contributed by atoms with van der Waals surface area (Å²) in [5.74, 6) is -1.07. The van der Waals surface area contributed by atoms with Gasteiger partial charge in [-0.15, -0.1) is 0 Å². The number of nitrogens with zero attached hydrogens (tertiary/aromatic N) is 3. The standard InChI is InChI=1S/C12H20N4O4/c1-9(7-20-3)15(2)12(19)13-4-5-16-6-10(11(17)18)14-8-16/h6,8-9H,4-5,7H2,1-3H3,(H,13,19)(H,17,18). The number of ether oxygens (including phenoxy) is 1. The minimum Gasteiger partial charge on any atom is -0.476 e. The van der Waals surface area contributed by atoms with E-state index in [1.54, 1.807) is 23.6 Å². The molecular formula is C12H20N4O4. The molecule has 0 fully saturated rings. The third-order valence-electron chi connectivity index (χ3n) is 2.89. The van der Waals surface area contributed by atoms with Crippen molar-refractivity contribution in [3.8, 4) is 0 Å². The monoisotopic (exact) mass is 284 g/mol. The summed E-state index contributed by atoms with van der Waals surface area (Å²) in [6.45, 7) is 3.20. The Morgan fingerprint density at radius 1 is 1.60 bits per heavy atom. The van der Waals surface area contributed by atoms with Crippen LogP contribution in [0.1, 0.15) is 17.4 Å². The number of hydrogen-bond acceptors (Lipinski definition) is 4. The van der Waals surface area contributed by atoms with Gasteiger partial charge in [-0.25, -0.2) is 14.6 Å². The van der Waals surface area contributed by atoms with Crippen molar-refractivity contribution in [2.75, 3.05) is 27.3 Å². The molecule has 1 aromatic rings. The number of aromatic nitrogens is 2. The molecule has 20 heavy (non-hydrogen) atoms. The predicted molar refractivity (Wildman–Crippen MR) is 71.7 cm³/mol. The number of aromatic carboxylic acids is 1. The van der Waals surface area contributed by atoms with Gasteiger partial charge in [0.2, 0.25) is 0 Å². The van der Waals surface area contributed by atoms with Gasteiger partial charge in [0.15, 0.2) is 5.69 Å². The summed E-state index contributed by atoms with van der Waals surface area (Å²) in [4.78, 5) is 27.7. The zero-order valence-electron chi connectivity index (χ0n) is 11.9. The van der Waals surface area contributed by atoms with E-state index in [0.29, 0.717) is 19.7 Å². The molecule has 1 atom stereocenters. The van der Waals surface area contributed by atoms with E-state index in [4.69, 9.17) is 9.84 Å². The van der Waals surface area contributed by atoms with Gasteiger partial charge in [-0.05, 0) is 6.92 Å². The Labute approximate surface area is 117 Å². The molecule has 1 aromatic heterocycles. The normalized spacial score (nSPS) is 11.9. The van der Waals surface area contributed by atoms with Gasteiger partial charge < -0.3 is 24.6 Å². The van der Waals surface area contributed by atoms with Crippen LogP contribution in [0, 0.1) is 0 Å². The maximum atomic E-state index is 11.8. The van der Waals surface area contributed by atoms with Gasteiger partial charge in [0.25, 0.3) is 0 Å². The van der Waals surface area contributed by atoms with Crippen LogP contribution in [0.25, 0.3) is 0 Å². The number of imidazole rings is 1. The lowest BCUT2D eigenvalue weighted by molar-refractivity contribution is 0.0691. The van der Waals surface area contributed by atoms with E-state index in [1.165, 1.54) is 12.5 Å². The van der Waals surface area contributed by atoms with Crippen molar-refractivity contribution in [3.63, 3.8) is 0 Å². The highest BCUT2D eigenvalue weighted by atomic mass is 16.5. The summed E-state index contributed by atoms with van der Waals surface area (Å²) in [7, 11) is 3.28. The molecule has 0 spiro atoms.